The number of hydrogen-bond donors (Lipinski definition) is 1. The van der Waals surface area contributed by atoms with Crippen molar-refractivity contribution >= 4 is 5.65 Å². The molecule has 0 aliphatic rings. The van der Waals surface area contributed by atoms with Gasteiger partial charge in [0.05, 0.1) is 17.1 Å². The van der Waals surface area contributed by atoms with Gasteiger partial charge in [-0.15, -0.1) is 0 Å². The third-order valence-electron chi connectivity index (χ3n) is 4.41. The van der Waals surface area contributed by atoms with E-state index in [1.54, 1.807) is 10.7 Å². The molecule has 3 heterocycles. The van der Waals surface area contributed by atoms with Gasteiger partial charge >= 0.3 is 0 Å². The van der Waals surface area contributed by atoms with Crippen molar-refractivity contribution < 1.29 is 5.11 Å². The van der Waals surface area contributed by atoms with Crippen LogP contribution >= 0.6 is 0 Å². The SMILES string of the molecule is Cc1ncc(C)n2nc(CC(O)c3nc(-c4ccccc4)cn3C)nc12. The zero-order valence-corrected chi connectivity index (χ0v) is 15.0. The second-order valence-corrected chi connectivity index (χ2v) is 6.43. The van der Waals surface area contributed by atoms with E-state index < -0.39 is 6.10 Å². The van der Waals surface area contributed by atoms with Crippen LogP contribution in [0.1, 0.15) is 29.1 Å². The number of imidazole rings is 1. The van der Waals surface area contributed by atoms with Gasteiger partial charge in [-0.2, -0.15) is 5.10 Å². The van der Waals surface area contributed by atoms with E-state index in [4.69, 9.17) is 0 Å². The van der Waals surface area contributed by atoms with E-state index in [1.807, 2.05) is 62.0 Å². The Labute approximate surface area is 151 Å². The lowest BCUT2D eigenvalue weighted by molar-refractivity contribution is 0.162. The Kier molecular flexibility index (Phi) is 4.00. The first-order valence-electron chi connectivity index (χ1n) is 8.47. The minimum Gasteiger partial charge on any atom is -0.385 e. The van der Waals surface area contributed by atoms with Gasteiger partial charge in [-0.25, -0.2) is 14.5 Å². The Balaban J connectivity index is 1.63. The summed E-state index contributed by atoms with van der Waals surface area (Å²) < 4.78 is 3.61. The molecule has 0 radical (unpaired) electrons. The monoisotopic (exact) mass is 348 g/mol. The predicted octanol–water partition coefficient (Wildman–Crippen LogP) is 2.42. The average molecular weight is 348 g/mol. The molecular weight excluding hydrogens is 328 g/mol. The molecule has 0 spiro atoms. The molecule has 0 saturated carbocycles. The summed E-state index contributed by atoms with van der Waals surface area (Å²) in [5.74, 6) is 1.16. The number of nitrogens with zero attached hydrogens (tertiary/aromatic N) is 6. The van der Waals surface area contributed by atoms with Gasteiger partial charge in [-0.1, -0.05) is 30.3 Å². The highest BCUT2D eigenvalue weighted by Crippen LogP contribution is 2.22. The van der Waals surface area contributed by atoms with Crippen molar-refractivity contribution in [3.05, 3.63) is 65.8 Å². The van der Waals surface area contributed by atoms with Crippen LogP contribution < -0.4 is 0 Å². The van der Waals surface area contributed by atoms with Gasteiger partial charge in [0.25, 0.3) is 0 Å². The smallest absolute Gasteiger partial charge is 0.177 e. The fourth-order valence-electron chi connectivity index (χ4n) is 3.03. The van der Waals surface area contributed by atoms with Crippen LogP contribution in [0.3, 0.4) is 0 Å². The van der Waals surface area contributed by atoms with E-state index >= 15 is 0 Å². The third kappa shape index (κ3) is 2.86. The molecule has 0 saturated heterocycles. The van der Waals surface area contributed by atoms with Crippen molar-refractivity contribution in [1.82, 2.24) is 29.1 Å². The van der Waals surface area contributed by atoms with E-state index in [-0.39, 0.29) is 0 Å². The predicted molar refractivity (Wildman–Crippen MR) is 97.6 cm³/mol. The zero-order chi connectivity index (χ0) is 18.3. The summed E-state index contributed by atoms with van der Waals surface area (Å²) in [6, 6.07) is 9.91. The van der Waals surface area contributed by atoms with Gasteiger partial charge in [0, 0.05) is 31.4 Å². The topological polar surface area (TPSA) is 81.1 Å². The lowest BCUT2D eigenvalue weighted by Crippen LogP contribution is -2.09. The van der Waals surface area contributed by atoms with Crippen molar-refractivity contribution in [1.29, 1.82) is 0 Å². The summed E-state index contributed by atoms with van der Waals surface area (Å²) >= 11 is 0. The maximum absolute atomic E-state index is 10.7. The van der Waals surface area contributed by atoms with E-state index in [0.29, 0.717) is 18.1 Å². The molecule has 0 aliphatic heterocycles. The molecular formula is C19H20N6O. The van der Waals surface area contributed by atoms with Crippen LogP contribution in [0.25, 0.3) is 16.9 Å². The molecule has 0 bridgehead atoms. The van der Waals surface area contributed by atoms with Crippen molar-refractivity contribution in [2.75, 3.05) is 0 Å². The summed E-state index contributed by atoms with van der Waals surface area (Å²) in [6.45, 7) is 3.83. The van der Waals surface area contributed by atoms with Crippen LogP contribution in [-0.4, -0.2) is 34.2 Å². The number of rotatable bonds is 4. The van der Waals surface area contributed by atoms with Gasteiger partial charge in [-0.05, 0) is 13.8 Å². The van der Waals surface area contributed by atoms with Gasteiger partial charge in [0.15, 0.2) is 11.5 Å². The van der Waals surface area contributed by atoms with Crippen LogP contribution in [0.4, 0.5) is 0 Å². The number of aliphatic hydroxyl groups excluding tert-OH is 1. The number of hydrogen-bond acceptors (Lipinski definition) is 5. The minimum atomic E-state index is -0.788. The number of fused-ring (bicyclic) bond motifs is 1. The largest absolute Gasteiger partial charge is 0.385 e. The molecule has 0 amide bonds. The van der Waals surface area contributed by atoms with Crippen molar-refractivity contribution in [3.63, 3.8) is 0 Å². The molecule has 4 rings (SSSR count). The van der Waals surface area contributed by atoms with Crippen molar-refractivity contribution in [2.24, 2.45) is 7.05 Å². The van der Waals surface area contributed by atoms with Gasteiger partial charge < -0.3 is 9.67 Å². The molecule has 0 fully saturated rings. The van der Waals surface area contributed by atoms with Crippen LogP contribution in [0.5, 0.6) is 0 Å². The average Bonchev–Trinajstić information content (AvgIpc) is 3.23. The van der Waals surface area contributed by atoms with Crippen LogP contribution in [0, 0.1) is 13.8 Å². The summed E-state index contributed by atoms with van der Waals surface area (Å²) in [4.78, 5) is 13.4. The first-order valence-corrected chi connectivity index (χ1v) is 8.47. The fourth-order valence-corrected chi connectivity index (χ4v) is 3.03. The van der Waals surface area contributed by atoms with Crippen molar-refractivity contribution in [2.45, 2.75) is 26.4 Å². The summed E-state index contributed by atoms with van der Waals surface area (Å²) in [5.41, 5.74) is 4.29. The summed E-state index contributed by atoms with van der Waals surface area (Å²) in [5, 5.41) is 15.2. The minimum absolute atomic E-state index is 0.291. The molecule has 0 aliphatic carbocycles. The normalized spacial score (nSPS) is 12.6. The van der Waals surface area contributed by atoms with Crippen molar-refractivity contribution in [3.8, 4) is 11.3 Å². The van der Waals surface area contributed by atoms with E-state index in [1.165, 1.54) is 0 Å². The maximum atomic E-state index is 10.7. The quantitative estimate of drug-likeness (QED) is 0.612. The van der Waals surface area contributed by atoms with Crippen LogP contribution in [0.2, 0.25) is 0 Å². The molecule has 3 aromatic heterocycles. The molecule has 4 aromatic rings. The van der Waals surface area contributed by atoms with Gasteiger partial charge in [0.2, 0.25) is 0 Å². The molecule has 7 heteroatoms. The Morgan fingerprint density at radius 3 is 2.62 bits per heavy atom. The lowest BCUT2D eigenvalue weighted by atomic mass is 10.2. The Morgan fingerprint density at radius 1 is 1.12 bits per heavy atom. The number of aliphatic hydroxyl groups is 1. The van der Waals surface area contributed by atoms with Crippen LogP contribution in [-0.2, 0) is 13.5 Å². The molecule has 132 valence electrons. The van der Waals surface area contributed by atoms with Gasteiger partial charge in [-0.3, -0.25) is 4.98 Å². The number of aryl methyl sites for hydroxylation is 3. The molecule has 1 N–H and O–H groups in total. The summed E-state index contributed by atoms with van der Waals surface area (Å²) in [7, 11) is 1.88. The Morgan fingerprint density at radius 2 is 1.88 bits per heavy atom. The third-order valence-corrected chi connectivity index (χ3v) is 4.41. The highest BCUT2D eigenvalue weighted by molar-refractivity contribution is 5.58. The van der Waals surface area contributed by atoms with E-state index in [9.17, 15) is 5.11 Å². The molecule has 7 nitrogen and oxygen atoms in total. The maximum Gasteiger partial charge on any atom is 0.177 e. The Hall–Kier alpha value is -3.06. The second kappa shape index (κ2) is 6.34. The first-order chi connectivity index (χ1) is 12.5. The highest BCUT2D eigenvalue weighted by Gasteiger charge is 2.19. The van der Waals surface area contributed by atoms with Crippen LogP contribution in [0.15, 0.2) is 42.7 Å². The standard InChI is InChI=1S/C19H20N6O/c1-12-10-20-13(2)18-22-17(23-25(12)18)9-16(26)19-21-15(11-24(19)3)14-7-5-4-6-8-14/h4-8,10-11,16,26H,9H2,1-3H3. The molecule has 26 heavy (non-hydrogen) atoms. The lowest BCUT2D eigenvalue weighted by Gasteiger charge is -2.07. The molecule has 1 unspecified atom stereocenters. The summed E-state index contributed by atoms with van der Waals surface area (Å²) in [6.07, 6.45) is 3.19. The number of aromatic nitrogens is 6. The molecule has 1 aromatic carbocycles. The Bertz CT molecular complexity index is 1030. The second-order valence-electron chi connectivity index (χ2n) is 6.43. The molecule has 1 atom stereocenters. The fraction of sp³-hybridized carbons (Fsp3) is 0.263. The zero-order valence-electron chi connectivity index (χ0n) is 15.0. The van der Waals surface area contributed by atoms with Gasteiger partial charge in [0.1, 0.15) is 11.9 Å². The number of benzene rings is 1. The van der Waals surface area contributed by atoms with E-state index in [0.717, 1.165) is 28.3 Å². The first kappa shape index (κ1) is 16.4. The highest BCUT2D eigenvalue weighted by atomic mass is 16.3. The van der Waals surface area contributed by atoms with E-state index in [2.05, 4.69) is 20.1 Å².